The summed E-state index contributed by atoms with van der Waals surface area (Å²) in [5, 5.41) is 8.00. The van der Waals surface area contributed by atoms with E-state index in [0.29, 0.717) is 0 Å². The molecule has 0 saturated carbocycles. The van der Waals surface area contributed by atoms with E-state index in [1.54, 1.807) is 0 Å². The molecule has 0 spiro atoms. The maximum atomic E-state index is 10.6. The van der Waals surface area contributed by atoms with Gasteiger partial charge in [-0.05, 0) is 0 Å². The Hall–Kier alpha value is -1.72. The molecule has 0 bridgehead atoms. The van der Waals surface area contributed by atoms with Gasteiger partial charge in [-0.25, -0.2) is 0 Å². The molecule has 1 heterocycles. The maximum absolute atomic E-state index is 10.6. The Bertz CT molecular complexity index is 242. The van der Waals surface area contributed by atoms with Crippen molar-refractivity contribution in [1.82, 2.24) is 5.32 Å². The summed E-state index contributed by atoms with van der Waals surface area (Å²) in [6.07, 6.45) is 1.03. The summed E-state index contributed by atoms with van der Waals surface area (Å²) < 4.78 is 0. The zero-order chi connectivity index (χ0) is 7.56. The second-order valence-electron chi connectivity index (χ2n) is 1.56. The number of nitrogens with two attached hydrogens (primary N) is 1. The van der Waals surface area contributed by atoms with Gasteiger partial charge in [0, 0.05) is 6.08 Å². The summed E-state index contributed by atoms with van der Waals surface area (Å²) >= 11 is 0. The topological polar surface area (TPSA) is 96.9 Å². The van der Waals surface area contributed by atoms with Crippen LogP contribution in [0, 0.1) is 0 Å². The molecule has 6 nitrogen and oxygen atoms in total. The molecule has 0 saturated heterocycles. The lowest BCUT2D eigenvalue weighted by atomic mass is 10.5. The molecule has 0 aliphatic carbocycles. The third-order valence-corrected chi connectivity index (χ3v) is 0.903. The molecule has 1 aliphatic rings. The largest absolute Gasteiger partial charge is 0.305 e. The minimum Gasteiger partial charge on any atom is -0.305 e. The van der Waals surface area contributed by atoms with Gasteiger partial charge in [-0.15, -0.1) is 5.11 Å². The molecule has 10 heavy (non-hydrogen) atoms. The summed E-state index contributed by atoms with van der Waals surface area (Å²) in [5.74, 6) is 3.58. The van der Waals surface area contributed by atoms with Crippen molar-refractivity contribution < 1.29 is 9.59 Å². The van der Waals surface area contributed by atoms with Crippen molar-refractivity contribution in [1.29, 1.82) is 0 Å². The lowest BCUT2D eigenvalue weighted by Gasteiger charge is -1.85. The Kier molecular flexibility index (Phi) is 1.44. The van der Waals surface area contributed by atoms with E-state index in [9.17, 15) is 9.59 Å². The fraction of sp³-hybridized carbons (Fsp3) is 0. The lowest BCUT2D eigenvalue weighted by molar-refractivity contribution is -0.123. The number of imide groups is 1. The molecule has 1 aliphatic heterocycles. The normalized spacial score (nSPS) is 17.8. The molecular weight excluding hydrogens is 136 g/mol. The molecule has 0 atom stereocenters. The number of carbonyl (C=O) groups is 2. The van der Waals surface area contributed by atoms with E-state index < -0.39 is 11.8 Å². The van der Waals surface area contributed by atoms with Gasteiger partial charge in [0.15, 0.2) is 5.70 Å². The van der Waals surface area contributed by atoms with Gasteiger partial charge in [-0.1, -0.05) is 5.22 Å². The highest BCUT2D eigenvalue weighted by Gasteiger charge is 2.20. The van der Waals surface area contributed by atoms with Crippen LogP contribution in [0.5, 0.6) is 0 Å². The van der Waals surface area contributed by atoms with E-state index in [1.807, 2.05) is 5.32 Å². The highest BCUT2D eigenvalue weighted by molar-refractivity contribution is 6.15. The van der Waals surface area contributed by atoms with E-state index in [0.717, 1.165) is 6.08 Å². The zero-order valence-corrected chi connectivity index (χ0v) is 4.87. The molecule has 0 fully saturated rings. The van der Waals surface area contributed by atoms with Crippen molar-refractivity contribution in [2.45, 2.75) is 0 Å². The SMILES string of the molecule is NN=NC1=CC(=O)NC1=O. The highest BCUT2D eigenvalue weighted by atomic mass is 16.2. The number of nitrogens with zero attached hydrogens (tertiary/aromatic N) is 2. The van der Waals surface area contributed by atoms with Crippen LogP contribution in [-0.2, 0) is 9.59 Å². The van der Waals surface area contributed by atoms with Gasteiger partial charge >= 0.3 is 0 Å². The predicted octanol–water partition coefficient (Wildman–Crippen LogP) is -1.15. The van der Waals surface area contributed by atoms with E-state index in [4.69, 9.17) is 0 Å². The third-order valence-electron chi connectivity index (χ3n) is 0.903. The minimum atomic E-state index is -0.570. The van der Waals surface area contributed by atoms with Crippen LogP contribution in [0.2, 0.25) is 0 Å². The summed E-state index contributed by atoms with van der Waals surface area (Å²) in [6, 6.07) is 0. The van der Waals surface area contributed by atoms with E-state index in [1.165, 1.54) is 0 Å². The van der Waals surface area contributed by atoms with Crippen molar-refractivity contribution in [3.05, 3.63) is 11.8 Å². The number of nitrogens with one attached hydrogen (secondary N) is 1. The van der Waals surface area contributed by atoms with Crippen molar-refractivity contribution in [2.75, 3.05) is 0 Å². The van der Waals surface area contributed by atoms with Crippen molar-refractivity contribution >= 4 is 11.8 Å². The Morgan fingerprint density at radius 2 is 2.20 bits per heavy atom. The molecule has 0 aromatic rings. The molecule has 0 aromatic carbocycles. The molecule has 0 radical (unpaired) electrons. The van der Waals surface area contributed by atoms with Gasteiger partial charge < -0.3 is 5.84 Å². The van der Waals surface area contributed by atoms with Crippen LogP contribution in [0.25, 0.3) is 0 Å². The quantitative estimate of drug-likeness (QED) is 0.208. The van der Waals surface area contributed by atoms with Crippen LogP contribution < -0.4 is 11.2 Å². The molecule has 3 N–H and O–H groups in total. The van der Waals surface area contributed by atoms with E-state index in [2.05, 4.69) is 16.2 Å². The number of carbonyl (C=O) groups excluding carboxylic acids is 2. The first kappa shape index (κ1) is 6.40. The van der Waals surface area contributed by atoms with Crippen LogP contribution >= 0.6 is 0 Å². The maximum Gasteiger partial charge on any atom is 0.278 e. The van der Waals surface area contributed by atoms with Crippen LogP contribution in [0.3, 0.4) is 0 Å². The van der Waals surface area contributed by atoms with Crippen molar-refractivity contribution in [3.8, 4) is 0 Å². The van der Waals surface area contributed by atoms with E-state index in [-0.39, 0.29) is 5.70 Å². The average Bonchev–Trinajstić information content (AvgIpc) is 2.13. The highest BCUT2D eigenvalue weighted by Crippen LogP contribution is 2.02. The number of hydrogen-bond donors (Lipinski definition) is 2. The first-order valence-corrected chi connectivity index (χ1v) is 2.42. The monoisotopic (exact) mass is 140 g/mol. The van der Waals surface area contributed by atoms with Crippen LogP contribution in [0.4, 0.5) is 0 Å². The first-order valence-electron chi connectivity index (χ1n) is 2.42. The third kappa shape index (κ3) is 0.993. The van der Waals surface area contributed by atoms with Gasteiger partial charge in [-0.2, -0.15) is 0 Å². The molecule has 0 aromatic heterocycles. The second-order valence-corrected chi connectivity index (χ2v) is 1.56. The predicted molar refractivity (Wildman–Crippen MR) is 30.3 cm³/mol. The molecule has 52 valence electrons. The first-order chi connectivity index (χ1) is 4.74. The second kappa shape index (κ2) is 2.26. The lowest BCUT2D eigenvalue weighted by Crippen LogP contribution is -2.21. The van der Waals surface area contributed by atoms with Crippen LogP contribution in [0.15, 0.2) is 22.1 Å². The van der Waals surface area contributed by atoms with Gasteiger partial charge in [-0.3, -0.25) is 14.9 Å². The van der Waals surface area contributed by atoms with Crippen LogP contribution in [-0.4, -0.2) is 11.8 Å². The number of hydrogen-bond acceptors (Lipinski definition) is 4. The molecule has 0 unspecified atom stereocenters. The summed E-state index contributed by atoms with van der Waals surface area (Å²) in [5.41, 5.74) is -0.0625. The van der Waals surface area contributed by atoms with Gasteiger partial charge in [0.05, 0.1) is 0 Å². The smallest absolute Gasteiger partial charge is 0.278 e. The minimum absolute atomic E-state index is 0.0625. The number of rotatable bonds is 1. The summed E-state index contributed by atoms with van der Waals surface area (Å²) in [4.78, 5) is 21.0. The van der Waals surface area contributed by atoms with Gasteiger partial charge in [0.25, 0.3) is 11.8 Å². The van der Waals surface area contributed by atoms with Gasteiger partial charge in [0.2, 0.25) is 0 Å². The molecule has 6 heteroatoms. The Morgan fingerprint density at radius 3 is 2.60 bits per heavy atom. The fourth-order valence-corrected chi connectivity index (χ4v) is 0.538. The summed E-state index contributed by atoms with van der Waals surface area (Å²) in [7, 11) is 0. The number of amides is 2. The van der Waals surface area contributed by atoms with Gasteiger partial charge in [0.1, 0.15) is 0 Å². The average molecular weight is 140 g/mol. The Labute approximate surface area is 55.8 Å². The summed E-state index contributed by atoms with van der Waals surface area (Å²) in [6.45, 7) is 0. The van der Waals surface area contributed by atoms with Crippen LogP contribution in [0.1, 0.15) is 0 Å². The Balaban J connectivity index is 2.85. The fourth-order valence-electron chi connectivity index (χ4n) is 0.538. The Morgan fingerprint density at radius 1 is 1.50 bits per heavy atom. The van der Waals surface area contributed by atoms with E-state index >= 15 is 0 Å². The molecule has 1 rings (SSSR count). The standard InChI is InChI=1S/C4H4N4O2/c5-8-7-2-1-3(9)6-4(2)10/h1H,(H3,5,6,7,9,10). The molecule has 2 amide bonds. The zero-order valence-electron chi connectivity index (χ0n) is 4.87. The molecular formula is C4H4N4O2. The van der Waals surface area contributed by atoms with Crippen molar-refractivity contribution in [2.24, 2.45) is 16.2 Å². The van der Waals surface area contributed by atoms with Crippen molar-refractivity contribution in [3.63, 3.8) is 0 Å².